The topological polar surface area (TPSA) is 57.1 Å². The van der Waals surface area contributed by atoms with Crippen molar-refractivity contribution in [3.8, 4) is 11.5 Å². The number of aliphatic imine (C=N–C) groups is 1. The zero-order chi connectivity index (χ0) is 16.3. The first-order valence-electron chi connectivity index (χ1n) is 7.25. The van der Waals surface area contributed by atoms with Gasteiger partial charge in [0.1, 0.15) is 18.1 Å². The van der Waals surface area contributed by atoms with Gasteiger partial charge in [0.05, 0.1) is 12.8 Å². The molecule has 1 heterocycles. The van der Waals surface area contributed by atoms with Crippen LogP contribution in [0.3, 0.4) is 0 Å². The fourth-order valence-corrected chi connectivity index (χ4v) is 2.18. The molecule has 1 aliphatic rings. The van der Waals surface area contributed by atoms with E-state index in [1.165, 1.54) is 0 Å². The average molecular weight is 311 g/mol. The number of benzene rings is 2. The second kappa shape index (κ2) is 6.12. The summed E-state index contributed by atoms with van der Waals surface area (Å²) >= 11 is 0. The van der Waals surface area contributed by atoms with Crippen molar-refractivity contribution < 1.29 is 19.0 Å². The highest BCUT2D eigenvalue weighted by molar-refractivity contribution is 6.19. The van der Waals surface area contributed by atoms with Gasteiger partial charge in [-0.05, 0) is 36.8 Å². The summed E-state index contributed by atoms with van der Waals surface area (Å²) in [4.78, 5) is 16.5. The first kappa shape index (κ1) is 15.1. The summed E-state index contributed by atoms with van der Waals surface area (Å²) < 4.78 is 16.2. The molecule has 2 aromatic rings. The van der Waals surface area contributed by atoms with Crippen LogP contribution in [0.4, 0.5) is 0 Å². The van der Waals surface area contributed by atoms with Gasteiger partial charge in [-0.25, -0.2) is 9.79 Å². The summed E-state index contributed by atoms with van der Waals surface area (Å²) in [5.41, 5.74) is 0.203. The molecule has 5 nitrogen and oxygen atoms in total. The van der Waals surface area contributed by atoms with Crippen molar-refractivity contribution in [3.05, 3.63) is 60.2 Å². The van der Waals surface area contributed by atoms with E-state index in [1.807, 2.05) is 30.3 Å². The van der Waals surface area contributed by atoms with Gasteiger partial charge in [0, 0.05) is 0 Å². The largest absolute Gasteiger partial charge is 0.497 e. The zero-order valence-corrected chi connectivity index (χ0v) is 13.0. The average Bonchev–Trinajstić information content (AvgIpc) is 3.25. The fourth-order valence-electron chi connectivity index (χ4n) is 2.18. The summed E-state index contributed by atoms with van der Waals surface area (Å²) in [6, 6.07) is 16.5. The Bertz CT molecular complexity index is 724. The molecule has 0 saturated heterocycles. The number of carbonyl (C=O) groups is 1. The molecule has 0 N–H and O–H groups in total. The summed E-state index contributed by atoms with van der Waals surface area (Å²) in [5.74, 6) is 0.740. The van der Waals surface area contributed by atoms with Crippen molar-refractivity contribution in [1.82, 2.24) is 0 Å². The molecule has 2 aromatic carbocycles. The number of methoxy groups -OCH3 is 1. The molecule has 0 radical (unpaired) electrons. The summed E-state index contributed by atoms with van der Waals surface area (Å²) in [6.07, 6.45) is 0. The maximum Gasteiger partial charge on any atom is 0.381 e. The normalized spacial score (nSPS) is 18.8. The number of hydrogen-bond acceptors (Lipinski definition) is 5. The van der Waals surface area contributed by atoms with Crippen LogP contribution in [0.15, 0.2) is 59.6 Å². The summed E-state index contributed by atoms with van der Waals surface area (Å²) in [5, 5.41) is 0. The lowest BCUT2D eigenvalue weighted by atomic mass is 10.2. The van der Waals surface area contributed by atoms with Crippen LogP contribution in [0, 0.1) is 0 Å². The quantitative estimate of drug-likeness (QED) is 0.770. The van der Waals surface area contributed by atoms with Gasteiger partial charge in [0.15, 0.2) is 0 Å². The Morgan fingerprint density at radius 3 is 2.22 bits per heavy atom. The molecule has 0 amide bonds. The van der Waals surface area contributed by atoms with E-state index in [2.05, 4.69) is 4.99 Å². The van der Waals surface area contributed by atoms with Crippen molar-refractivity contribution in [2.24, 2.45) is 4.99 Å². The van der Waals surface area contributed by atoms with Crippen LogP contribution in [-0.2, 0) is 16.1 Å². The van der Waals surface area contributed by atoms with E-state index >= 15 is 0 Å². The molecule has 1 aliphatic heterocycles. The molecular formula is C18H17NO4. The Kier molecular flexibility index (Phi) is 4.02. The third kappa shape index (κ3) is 3.18. The van der Waals surface area contributed by atoms with E-state index < -0.39 is 11.7 Å². The molecule has 0 saturated carbocycles. The van der Waals surface area contributed by atoms with E-state index in [-0.39, 0.29) is 6.61 Å². The zero-order valence-electron chi connectivity index (χ0n) is 13.0. The SMILES string of the molecule is COc1ccc(OC2(C(=O)OCc3ccccc3)N=C2C)cc1. The third-order valence-corrected chi connectivity index (χ3v) is 3.58. The molecule has 118 valence electrons. The predicted octanol–water partition coefficient (Wildman–Crippen LogP) is 2.99. The van der Waals surface area contributed by atoms with Gasteiger partial charge in [0.2, 0.25) is 0 Å². The smallest absolute Gasteiger partial charge is 0.381 e. The van der Waals surface area contributed by atoms with E-state index in [1.54, 1.807) is 38.3 Å². The number of nitrogens with zero attached hydrogens (tertiary/aromatic N) is 1. The number of hydrogen-bond donors (Lipinski definition) is 0. The van der Waals surface area contributed by atoms with Gasteiger partial charge >= 0.3 is 11.7 Å². The Morgan fingerprint density at radius 1 is 1.04 bits per heavy atom. The van der Waals surface area contributed by atoms with Crippen LogP contribution in [0.5, 0.6) is 11.5 Å². The van der Waals surface area contributed by atoms with Crippen molar-refractivity contribution in [2.45, 2.75) is 19.3 Å². The molecule has 0 aromatic heterocycles. The Balaban J connectivity index is 1.64. The summed E-state index contributed by atoms with van der Waals surface area (Å²) in [7, 11) is 1.59. The van der Waals surface area contributed by atoms with E-state index in [0.717, 1.165) is 5.56 Å². The predicted molar refractivity (Wildman–Crippen MR) is 85.7 cm³/mol. The van der Waals surface area contributed by atoms with Crippen molar-refractivity contribution in [3.63, 3.8) is 0 Å². The highest BCUT2D eigenvalue weighted by atomic mass is 16.6. The van der Waals surface area contributed by atoms with Crippen molar-refractivity contribution in [1.29, 1.82) is 0 Å². The molecule has 0 aliphatic carbocycles. The van der Waals surface area contributed by atoms with Gasteiger partial charge in [-0.1, -0.05) is 30.3 Å². The molecule has 0 bridgehead atoms. The van der Waals surface area contributed by atoms with Gasteiger partial charge in [-0.3, -0.25) is 0 Å². The second-order valence-corrected chi connectivity index (χ2v) is 5.18. The van der Waals surface area contributed by atoms with Crippen LogP contribution >= 0.6 is 0 Å². The molecule has 0 spiro atoms. The Labute approximate surface area is 134 Å². The van der Waals surface area contributed by atoms with Gasteiger partial charge in [-0.15, -0.1) is 0 Å². The van der Waals surface area contributed by atoms with Crippen LogP contribution in [0.1, 0.15) is 12.5 Å². The maximum atomic E-state index is 12.4. The molecular weight excluding hydrogens is 294 g/mol. The summed E-state index contributed by atoms with van der Waals surface area (Å²) in [6.45, 7) is 1.93. The van der Waals surface area contributed by atoms with E-state index in [0.29, 0.717) is 17.2 Å². The highest BCUT2D eigenvalue weighted by Crippen LogP contribution is 2.33. The fraction of sp³-hybridized carbons (Fsp3) is 0.222. The number of esters is 1. The molecule has 23 heavy (non-hydrogen) atoms. The van der Waals surface area contributed by atoms with E-state index in [4.69, 9.17) is 14.2 Å². The minimum Gasteiger partial charge on any atom is -0.497 e. The second-order valence-electron chi connectivity index (χ2n) is 5.18. The lowest BCUT2D eigenvalue weighted by molar-refractivity contribution is -0.154. The first-order valence-corrected chi connectivity index (χ1v) is 7.25. The van der Waals surface area contributed by atoms with Gasteiger partial charge in [-0.2, -0.15) is 0 Å². The molecule has 1 unspecified atom stereocenters. The number of ether oxygens (including phenoxy) is 3. The van der Waals surface area contributed by atoms with Crippen LogP contribution in [0.2, 0.25) is 0 Å². The Hall–Kier alpha value is -2.82. The lowest BCUT2D eigenvalue weighted by Crippen LogP contribution is -2.37. The molecule has 0 fully saturated rings. The number of carbonyl (C=O) groups excluding carboxylic acids is 1. The minimum absolute atomic E-state index is 0.191. The maximum absolute atomic E-state index is 12.4. The monoisotopic (exact) mass is 311 g/mol. The van der Waals surface area contributed by atoms with Gasteiger partial charge in [0.25, 0.3) is 0 Å². The molecule has 3 rings (SSSR count). The van der Waals surface area contributed by atoms with Crippen LogP contribution in [0.25, 0.3) is 0 Å². The van der Waals surface area contributed by atoms with Crippen LogP contribution < -0.4 is 9.47 Å². The first-order chi connectivity index (χ1) is 11.1. The highest BCUT2D eigenvalue weighted by Gasteiger charge is 2.56. The third-order valence-electron chi connectivity index (χ3n) is 3.58. The minimum atomic E-state index is -1.32. The lowest BCUT2D eigenvalue weighted by Gasteiger charge is -2.16. The Morgan fingerprint density at radius 2 is 1.65 bits per heavy atom. The molecule has 1 atom stereocenters. The van der Waals surface area contributed by atoms with Crippen molar-refractivity contribution >= 4 is 11.7 Å². The standard InChI is InChI=1S/C18H17NO4/c1-13-18(19-13,23-16-10-8-15(21-2)9-11-16)17(20)22-12-14-6-4-3-5-7-14/h3-11H,12H2,1-2H3. The molecule has 5 heteroatoms. The van der Waals surface area contributed by atoms with Crippen molar-refractivity contribution in [2.75, 3.05) is 7.11 Å². The van der Waals surface area contributed by atoms with E-state index in [9.17, 15) is 4.79 Å². The van der Waals surface area contributed by atoms with Crippen LogP contribution in [-0.4, -0.2) is 24.5 Å². The number of rotatable bonds is 6. The van der Waals surface area contributed by atoms with Gasteiger partial charge < -0.3 is 14.2 Å².